The summed E-state index contributed by atoms with van der Waals surface area (Å²) >= 11 is 4.96. The number of hydrogen-bond acceptors (Lipinski definition) is 1. The summed E-state index contributed by atoms with van der Waals surface area (Å²) in [5, 5.41) is 2.95. The third kappa shape index (κ3) is 5.77. The summed E-state index contributed by atoms with van der Waals surface area (Å²) in [5.74, 6) is 0.760. The SMILES string of the molecule is CNC(=S)CCC(C)C. The van der Waals surface area contributed by atoms with Crippen molar-refractivity contribution < 1.29 is 0 Å². The second kappa shape index (κ2) is 4.74. The van der Waals surface area contributed by atoms with Gasteiger partial charge in [0.05, 0.1) is 4.99 Å². The van der Waals surface area contributed by atoms with Crippen molar-refractivity contribution in [1.82, 2.24) is 5.32 Å². The van der Waals surface area contributed by atoms with E-state index in [1.54, 1.807) is 0 Å². The maximum atomic E-state index is 4.96. The van der Waals surface area contributed by atoms with Crippen LogP contribution >= 0.6 is 12.2 Å². The summed E-state index contributed by atoms with van der Waals surface area (Å²) < 4.78 is 0. The molecule has 1 nitrogen and oxygen atoms in total. The van der Waals surface area contributed by atoms with Crippen molar-refractivity contribution in [2.75, 3.05) is 7.05 Å². The standard InChI is InChI=1S/C7H15NS/c1-6(2)4-5-7(9)8-3/h6H,4-5H2,1-3H3,(H,8,9). The number of thiocarbonyl (C=S) groups is 1. The molecule has 0 aliphatic rings. The minimum Gasteiger partial charge on any atom is -0.383 e. The number of hydrogen-bond donors (Lipinski definition) is 1. The van der Waals surface area contributed by atoms with Gasteiger partial charge in [0.15, 0.2) is 0 Å². The van der Waals surface area contributed by atoms with Crippen LogP contribution in [0.3, 0.4) is 0 Å². The first-order valence-corrected chi connectivity index (χ1v) is 3.78. The Balaban J connectivity index is 3.17. The van der Waals surface area contributed by atoms with E-state index in [0.717, 1.165) is 17.3 Å². The average molecular weight is 145 g/mol. The quantitative estimate of drug-likeness (QED) is 0.609. The van der Waals surface area contributed by atoms with Gasteiger partial charge >= 0.3 is 0 Å². The molecule has 54 valence electrons. The fraction of sp³-hybridized carbons (Fsp3) is 0.857. The van der Waals surface area contributed by atoms with Crippen molar-refractivity contribution >= 4 is 17.2 Å². The molecule has 0 amide bonds. The highest BCUT2D eigenvalue weighted by Crippen LogP contribution is 2.02. The third-order valence-electron chi connectivity index (χ3n) is 1.23. The molecule has 0 rings (SSSR count). The topological polar surface area (TPSA) is 12.0 Å². The second-order valence-electron chi connectivity index (χ2n) is 2.61. The van der Waals surface area contributed by atoms with E-state index in [-0.39, 0.29) is 0 Å². The minimum absolute atomic E-state index is 0.760. The zero-order valence-electron chi connectivity index (χ0n) is 6.40. The van der Waals surface area contributed by atoms with Crippen LogP contribution in [0.5, 0.6) is 0 Å². The van der Waals surface area contributed by atoms with E-state index in [9.17, 15) is 0 Å². The van der Waals surface area contributed by atoms with Crippen molar-refractivity contribution in [2.24, 2.45) is 5.92 Å². The van der Waals surface area contributed by atoms with Crippen molar-refractivity contribution in [3.8, 4) is 0 Å². The molecule has 0 aromatic carbocycles. The highest BCUT2D eigenvalue weighted by molar-refractivity contribution is 7.80. The van der Waals surface area contributed by atoms with E-state index >= 15 is 0 Å². The van der Waals surface area contributed by atoms with Crippen molar-refractivity contribution in [3.05, 3.63) is 0 Å². The molecule has 0 heterocycles. The predicted octanol–water partition coefficient (Wildman–Crippen LogP) is 1.97. The first-order valence-electron chi connectivity index (χ1n) is 3.37. The lowest BCUT2D eigenvalue weighted by atomic mass is 10.1. The summed E-state index contributed by atoms with van der Waals surface area (Å²) in [6.45, 7) is 4.41. The van der Waals surface area contributed by atoms with Gasteiger partial charge in [-0.2, -0.15) is 0 Å². The Morgan fingerprint density at radius 3 is 2.44 bits per heavy atom. The maximum absolute atomic E-state index is 4.96. The van der Waals surface area contributed by atoms with Crippen LogP contribution in [0.25, 0.3) is 0 Å². The molecule has 0 bridgehead atoms. The van der Waals surface area contributed by atoms with Gasteiger partial charge in [0.2, 0.25) is 0 Å². The van der Waals surface area contributed by atoms with Crippen LogP contribution in [0.1, 0.15) is 26.7 Å². The van der Waals surface area contributed by atoms with Crippen molar-refractivity contribution in [1.29, 1.82) is 0 Å². The lowest BCUT2D eigenvalue weighted by Gasteiger charge is -2.04. The first-order chi connectivity index (χ1) is 4.16. The molecular formula is C7H15NS. The molecule has 0 unspecified atom stereocenters. The van der Waals surface area contributed by atoms with E-state index in [2.05, 4.69) is 19.2 Å². The number of nitrogens with one attached hydrogen (secondary N) is 1. The molecule has 0 aromatic rings. The largest absolute Gasteiger partial charge is 0.383 e. The molecule has 0 saturated carbocycles. The van der Waals surface area contributed by atoms with Crippen LogP contribution in [-0.4, -0.2) is 12.0 Å². The van der Waals surface area contributed by atoms with Gasteiger partial charge in [0.1, 0.15) is 0 Å². The van der Waals surface area contributed by atoms with Crippen LogP contribution in [0.4, 0.5) is 0 Å². The molecule has 0 fully saturated rings. The van der Waals surface area contributed by atoms with E-state index in [1.165, 1.54) is 6.42 Å². The van der Waals surface area contributed by atoms with Gasteiger partial charge in [-0.15, -0.1) is 0 Å². The summed E-state index contributed by atoms with van der Waals surface area (Å²) in [6, 6.07) is 0. The van der Waals surface area contributed by atoms with Crippen LogP contribution in [0.15, 0.2) is 0 Å². The van der Waals surface area contributed by atoms with E-state index < -0.39 is 0 Å². The van der Waals surface area contributed by atoms with Gasteiger partial charge in [-0.3, -0.25) is 0 Å². The fourth-order valence-corrected chi connectivity index (χ4v) is 0.663. The zero-order chi connectivity index (χ0) is 7.28. The average Bonchev–Trinajstić information content (AvgIpc) is 1.83. The normalized spacial score (nSPS) is 9.78. The molecule has 0 aliphatic heterocycles. The molecule has 2 heteroatoms. The van der Waals surface area contributed by atoms with Crippen molar-refractivity contribution in [3.63, 3.8) is 0 Å². The molecule has 0 aromatic heterocycles. The Kier molecular flexibility index (Phi) is 4.68. The van der Waals surface area contributed by atoms with E-state index in [4.69, 9.17) is 12.2 Å². The molecule has 0 radical (unpaired) electrons. The first kappa shape index (κ1) is 8.89. The molecule has 0 aliphatic carbocycles. The predicted molar refractivity (Wildman–Crippen MR) is 45.7 cm³/mol. The van der Waals surface area contributed by atoms with Gasteiger partial charge in [0, 0.05) is 7.05 Å². The van der Waals surface area contributed by atoms with Crippen LogP contribution < -0.4 is 5.32 Å². The smallest absolute Gasteiger partial charge is 0.0750 e. The lowest BCUT2D eigenvalue weighted by Crippen LogP contribution is -2.15. The Morgan fingerprint density at radius 2 is 2.11 bits per heavy atom. The van der Waals surface area contributed by atoms with Crippen LogP contribution in [0.2, 0.25) is 0 Å². The second-order valence-corrected chi connectivity index (χ2v) is 3.10. The Labute approximate surface area is 62.8 Å². The Morgan fingerprint density at radius 1 is 1.56 bits per heavy atom. The molecule has 0 atom stereocenters. The highest BCUT2D eigenvalue weighted by atomic mass is 32.1. The summed E-state index contributed by atoms with van der Waals surface area (Å²) in [6.07, 6.45) is 2.23. The number of rotatable bonds is 3. The maximum Gasteiger partial charge on any atom is 0.0750 e. The summed E-state index contributed by atoms with van der Waals surface area (Å²) in [4.78, 5) is 0.976. The lowest BCUT2D eigenvalue weighted by molar-refractivity contribution is 0.602. The Hall–Kier alpha value is -0.110. The molecule has 9 heavy (non-hydrogen) atoms. The van der Waals surface area contributed by atoms with Gasteiger partial charge in [0.25, 0.3) is 0 Å². The fourth-order valence-electron chi connectivity index (χ4n) is 0.545. The van der Waals surface area contributed by atoms with Crippen LogP contribution in [0, 0.1) is 5.92 Å². The molecule has 0 saturated heterocycles. The van der Waals surface area contributed by atoms with Crippen LogP contribution in [-0.2, 0) is 0 Å². The zero-order valence-corrected chi connectivity index (χ0v) is 7.22. The van der Waals surface area contributed by atoms with E-state index in [0.29, 0.717) is 0 Å². The molecule has 1 N–H and O–H groups in total. The Bertz CT molecular complexity index is 88.9. The monoisotopic (exact) mass is 145 g/mol. The van der Waals surface area contributed by atoms with Gasteiger partial charge < -0.3 is 5.32 Å². The van der Waals surface area contributed by atoms with Crippen molar-refractivity contribution in [2.45, 2.75) is 26.7 Å². The highest BCUT2D eigenvalue weighted by Gasteiger charge is 1.95. The third-order valence-corrected chi connectivity index (χ3v) is 1.64. The summed E-state index contributed by atoms with van der Waals surface area (Å²) in [5.41, 5.74) is 0. The van der Waals surface area contributed by atoms with Gasteiger partial charge in [-0.25, -0.2) is 0 Å². The van der Waals surface area contributed by atoms with Gasteiger partial charge in [-0.05, 0) is 18.8 Å². The molecule has 0 spiro atoms. The van der Waals surface area contributed by atoms with Gasteiger partial charge in [-0.1, -0.05) is 26.1 Å². The summed E-state index contributed by atoms with van der Waals surface area (Å²) in [7, 11) is 1.88. The molecular weight excluding hydrogens is 130 g/mol. The van der Waals surface area contributed by atoms with E-state index in [1.807, 2.05) is 7.05 Å². The minimum atomic E-state index is 0.760.